The summed E-state index contributed by atoms with van der Waals surface area (Å²) in [5, 5.41) is 2.92. The van der Waals surface area contributed by atoms with Gasteiger partial charge in [-0.25, -0.2) is 4.98 Å². The van der Waals surface area contributed by atoms with Crippen LogP contribution in [0.3, 0.4) is 0 Å². The van der Waals surface area contributed by atoms with Gasteiger partial charge < -0.3 is 14.6 Å². The fourth-order valence-electron chi connectivity index (χ4n) is 3.91. The molecule has 30 heavy (non-hydrogen) atoms. The molecule has 7 nitrogen and oxygen atoms in total. The minimum absolute atomic E-state index is 0.145. The van der Waals surface area contributed by atoms with Crippen LogP contribution in [0.25, 0.3) is 11.1 Å². The van der Waals surface area contributed by atoms with Gasteiger partial charge in [-0.15, -0.1) is 0 Å². The van der Waals surface area contributed by atoms with Gasteiger partial charge in [0.1, 0.15) is 5.76 Å². The molecule has 0 saturated heterocycles. The van der Waals surface area contributed by atoms with Gasteiger partial charge in [0.2, 0.25) is 5.91 Å². The smallest absolute Gasteiger partial charge is 0.273 e. The first-order valence-electron chi connectivity index (χ1n) is 10.2. The molecule has 3 heterocycles. The SMILES string of the molecule is CN1C(=O)CCc2cc(-c3cncc(CNC(=O)c4ncoc4C4CC4)c3)ccc21. The molecule has 0 atom stereocenters. The Bertz CT molecular complexity index is 1130. The van der Waals surface area contributed by atoms with Crippen molar-refractivity contribution >= 4 is 17.5 Å². The number of nitrogens with one attached hydrogen (secondary N) is 1. The number of aromatic nitrogens is 2. The summed E-state index contributed by atoms with van der Waals surface area (Å²) in [7, 11) is 1.81. The van der Waals surface area contributed by atoms with Gasteiger partial charge in [0.05, 0.1) is 0 Å². The Morgan fingerprint density at radius 3 is 2.90 bits per heavy atom. The number of fused-ring (bicyclic) bond motifs is 1. The molecule has 0 bridgehead atoms. The number of hydrogen-bond donors (Lipinski definition) is 1. The second-order valence-corrected chi connectivity index (χ2v) is 7.90. The Kier molecular flexibility index (Phi) is 4.58. The molecule has 1 fully saturated rings. The zero-order valence-corrected chi connectivity index (χ0v) is 16.7. The fraction of sp³-hybridized carbons (Fsp3) is 0.304. The molecule has 0 radical (unpaired) electrons. The van der Waals surface area contributed by atoms with Gasteiger partial charge in [0.15, 0.2) is 12.1 Å². The number of aryl methyl sites for hydroxylation is 1. The lowest BCUT2D eigenvalue weighted by Crippen LogP contribution is -2.30. The molecular formula is C23H22N4O3. The van der Waals surface area contributed by atoms with Crippen LogP contribution in [0.5, 0.6) is 0 Å². The van der Waals surface area contributed by atoms with E-state index >= 15 is 0 Å². The molecule has 2 aliphatic rings. The van der Waals surface area contributed by atoms with Crippen molar-refractivity contribution in [1.82, 2.24) is 15.3 Å². The van der Waals surface area contributed by atoms with Crippen LogP contribution in [-0.2, 0) is 17.8 Å². The van der Waals surface area contributed by atoms with Crippen molar-refractivity contribution in [3.05, 3.63) is 65.6 Å². The largest absolute Gasteiger partial charge is 0.447 e. The van der Waals surface area contributed by atoms with Crippen molar-refractivity contribution < 1.29 is 14.0 Å². The van der Waals surface area contributed by atoms with E-state index in [1.807, 2.05) is 31.4 Å². The number of carbonyl (C=O) groups excluding carboxylic acids is 2. The Balaban J connectivity index is 1.32. The zero-order chi connectivity index (χ0) is 20.7. The highest BCUT2D eigenvalue weighted by molar-refractivity contribution is 5.96. The number of amides is 2. The summed E-state index contributed by atoms with van der Waals surface area (Å²) in [5.41, 5.74) is 5.43. The monoisotopic (exact) mass is 402 g/mol. The normalized spacial score (nSPS) is 15.8. The number of oxazole rings is 1. The maximum Gasteiger partial charge on any atom is 0.273 e. The quantitative estimate of drug-likeness (QED) is 0.706. The average Bonchev–Trinajstić information content (AvgIpc) is 3.50. The Labute approximate surface area is 174 Å². The Hall–Kier alpha value is -3.48. The molecular weight excluding hydrogens is 380 g/mol. The van der Waals surface area contributed by atoms with Crippen LogP contribution in [0.4, 0.5) is 5.69 Å². The molecule has 1 aliphatic carbocycles. The molecule has 1 N–H and O–H groups in total. The van der Waals surface area contributed by atoms with Crippen LogP contribution in [0.1, 0.15) is 52.6 Å². The summed E-state index contributed by atoms with van der Waals surface area (Å²) in [5.74, 6) is 0.942. The van der Waals surface area contributed by atoms with Crippen molar-refractivity contribution in [2.75, 3.05) is 11.9 Å². The standard InChI is InChI=1S/C23H22N4O3/c1-27-19-6-4-16(9-17(19)5-7-20(27)28)18-8-14(10-24-12-18)11-25-23(29)21-22(15-2-3-15)30-13-26-21/h4,6,8-10,12-13,15H,2-3,5,7,11H2,1H3,(H,25,29). The molecule has 152 valence electrons. The summed E-state index contributed by atoms with van der Waals surface area (Å²) in [4.78, 5) is 34.6. The first-order valence-corrected chi connectivity index (χ1v) is 10.2. The van der Waals surface area contributed by atoms with Crippen molar-refractivity contribution in [2.45, 2.75) is 38.1 Å². The van der Waals surface area contributed by atoms with E-state index in [9.17, 15) is 9.59 Å². The maximum absolute atomic E-state index is 12.5. The summed E-state index contributed by atoms with van der Waals surface area (Å²) < 4.78 is 5.39. The third-order valence-corrected chi connectivity index (χ3v) is 5.76. The first-order chi connectivity index (χ1) is 14.6. The summed E-state index contributed by atoms with van der Waals surface area (Å²) in [6, 6.07) is 8.14. The number of nitrogens with zero attached hydrogens (tertiary/aromatic N) is 3. The summed E-state index contributed by atoms with van der Waals surface area (Å²) in [6.07, 6.45) is 8.27. The summed E-state index contributed by atoms with van der Waals surface area (Å²) in [6.45, 7) is 0.360. The lowest BCUT2D eigenvalue weighted by Gasteiger charge is -2.26. The number of pyridine rings is 1. The van der Waals surface area contributed by atoms with Crippen LogP contribution < -0.4 is 10.2 Å². The molecule has 1 aliphatic heterocycles. The molecule has 5 rings (SSSR count). The molecule has 3 aromatic rings. The Morgan fingerprint density at radius 1 is 1.20 bits per heavy atom. The number of rotatable bonds is 5. The van der Waals surface area contributed by atoms with Crippen LogP contribution in [-0.4, -0.2) is 28.8 Å². The number of anilines is 1. The van der Waals surface area contributed by atoms with Crippen LogP contribution in [0, 0.1) is 0 Å². The third kappa shape index (κ3) is 3.47. The second kappa shape index (κ2) is 7.40. The number of hydrogen-bond acceptors (Lipinski definition) is 5. The van der Waals surface area contributed by atoms with Crippen LogP contribution >= 0.6 is 0 Å². The van der Waals surface area contributed by atoms with Crippen molar-refractivity contribution in [3.8, 4) is 11.1 Å². The maximum atomic E-state index is 12.5. The molecule has 0 unspecified atom stereocenters. The van der Waals surface area contributed by atoms with E-state index in [0.717, 1.165) is 47.2 Å². The third-order valence-electron chi connectivity index (χ3n) is 5.76. The van der Waals surface area contributed by atoms with Gasteiger partial charge in [-0.3, -0.25) is 14.6 Å². The molecule has 7 heteroatoms. The predicted molar refractivity (Wildman–Crippen MR) is 111 cm³/mol. The van der Waals surface area contributed by atoms with E-state index in [-0.39, 0.29) is 11.8 Å². The molecule has 2 amide bonds. The van der Waals surface area contributed by atoms with Crippen LogP contribution in [0.15, 0.2) is 47.5 Å². The van der Waals surface area contributed by atoms with E-state index in [1.165, 1.54) is 6.39 Å². The minimum Gasteiger partial charge on any atom is -0.447 e. The van der Waals surface area contributed by atoms with E-state index in [4.69, 9.17) is 4.42 Å². The van der Waals surface area contributed by atoms with Gasteiger partial charge in [-0.1, -0.05) is 6.07 Å². The Morgan fingerprint density at radius 2 is 2.07 bits per heavy atom. The summed E-state index contributed by atoms with van der Waals surface area (Å²) >= 11 is 0. The lowest BCUT2D eigenvalue weighted by molar-refractivity contribution is -0.118. The van der Waals surface area contributed by atoms with Gasteiger partial charge in [-0.05, 0) is 54.2 Å². The van der Waals surface area contributed by atoms with E-state index in [2.05, 4.69) is 21.4 Å². The van der Waals surface area contributed by atoms with E-state index in [0.29, 0.717) is 30.3 Å². The fourth-order valence-corrected chi connectivity index (χ4v) is 3.91. The van der Waals surface area contributed by atoms with Gasteiger partial charge >= 0.3 is 0 Å². The molecule has 0 spiro atoms. The van der Waals surface area contributed by atoms with Crippen molar-refractivity contribution in [2.24, 2.45) is 0 Å². The van der Waals surface area contributed by atoms with E-state index < -0.39 is 0 Å². The minimum atomic E-state index is -0.225. The lowest BCUT2D eigenvalue weighted by atomic mass is 9.96. The average molecular weight is 402 g/mol. The van der Waals surface area contributed by atoms with Gasteiger partial charge in [-0.2, -0.15) is 0 Å². The van der Waals surface area contributed by atoms with Gasteiger partial charge in [0.25, 0.3) is 5.91 Å². The predicted octanol–water partition coefficient (Wildman–Crippen LogP) is 3.45. The molecule has 1 saturated carbocycles. The topological polar surface area (TPSA) is 88.3 Å². The van der Waals surface area contributed by atoms with Crippen molar-refractivity contribution in [3.63, 3.8) is 0 Å². The number of benzene rings is 1. The highest BCUT2D eigenvalue weighted by Gasteiger charge is 2.32. The first kappa shape index (κ1) is 18.5. The van der Waals surface area contributed by atoms with Crippen LogP contribution in [0.2, 0.25) is 0 Å². The molecule has 1 aromatic carbocycles. The molecule has 2 aromatic heterocycles. The number of carbonyl (C=O) groups is 2. The highest BCUT2D eigenvalue weighted by atomic mass is 16.3. The second-order valence-electron chi connectivity index (χ2n) is 7.90. The van der Waals surface area contributed by atoms with E-state index in [1.54, 1.807) is 11.1 Å². The zero-order valence-electron chi connectivity index (χ0n) is 16.7. The van der Waals surface area contributed by atoms with Gasteiger partial charge in [0, 0.05) is 49.6 Å². The van der Waals surface area contributed by atoms with Crippen molar-refractivity contribution in [1.29, 1.82) is 0 Å². The highest BCUT2D eigenvalue weighted by Crippen LogP contribution is 2.41.